The number of nitrogens with one attached hydrogen (secondary N) is 1. The number of carbonyl (C=O) groups excluding carboxylic acids is 1. The molecule has 0 bridgehead atoms. The summed E-state index contributed by atoms with van der Waals surface area (Å²) in [6, 6.07) is 2.12. The Morgan fingerprint density at radius 3 is 3.05 bits per heavy atom. The molecule has 1 fully saturated rings. The average Bonchev–Trinajstić information content (AvgIpc) is 3.06. The van der Waals surface area contributed by atoms with Crippen molar-refractivity contribution in [1.29, 1.82) is 0 Å². The molecule has 2 N–H and O–H groups in total. The zero-order valence-electron chi connectivity index (χ0n) is 11.7. The molecule has 110 valence electrons. The summed E-state index contributed by atoms with van der Waals surface area (Å²) < 4.78 is 0. The van der Waals surface area contributed by atoms with Crippen LogP contribution in [0.5, 0.6) is 0 Å². The van der Waals surface area contributed by atoms with Crippen LogP contribution in [0.15, 0.2) is 11.4 Å². The largest absolute Gasteiger partial charge is 0.389 e. The second-order valence-corrected chi connectivity index (χ2v) is 6.97. The highest BCUT2D eigenvalue weighted by atomic mass is 32.1. The third-order valence-corrected chi connectivity index (χ3v) is 5.45. The van der Waals surface area contributed by atoms with Crippen molar-refractivity contribution in [1.82, 2.24) is 10.2 Å². The fourth-order valence-corrected chi connectivity index (χ4v) is 4.07. The van der Waals surface area contributed by atoms with Gasteiger partial charge in [0.05, 0.1) is 12.1 Å². The maximum atomic E-state index is 12.2. The number of hydrogen-bond donors (Lipinski definition) is 2. The molecule has 1 amide bonds. The minimum Gasteiger partial charge on any atom is -0.389 e. The van der Waals surface area contributed by atoms with Crippen LogP contribution in [0.4, 0.5) is 0 Å². The molecule has 1 saturated carbocycles. The molecule has 1 aromatic heterocycles. The van der Waals surface area contributed by atoms with E-state index in [0.29, 0.717) is 13.1 Å². The van der Waals surface area contributed by atoms with Crippen LogP contribution < -0.4 is 5.32 Å². The van der Waals surface area contributed by atoms with Crippen LogP contribution >= 0.6 is 11.3 Å². The first-order valence-electron chi connectivity index (χ1n) is 7.42. The van der Waals surface area contributed by atoms with Crippen LogP contribution in [-0.4, -0.2) is 41.1 Å². The van der Waals surface area contributed by atoms with Gasteiger partial charge in [-0.2, -0.15) is 0 Å². The van der Waals surface area contributed by atoms with Crippen LogP contribution in [0.1, 0.15) is 36.1 Å². The van der Waals surface area contributed by atoms with E-state index in [1.807, 2.05) is 4.90 Å². The Hall–Kier alpha value is -0.910. The fraction of sp³-hybridized carbons (Fsp3) is 0.667. The summed E-state index contributed by atoms with van der Waals surface area (Å²) in [6.45, 7) is 2.43. The Bertz CT molecular complexity index is 480. The van der Waals surface area contributed by atoms with E-state index < -0.39 is 5.60 Å². The zero-order chi connectivity index (χ0) is 14.0. The lowest BCUT2D eigenvalue weighted by atomic mass is 10.0. The number of nitrogens with zero attached hydrogens (tertiary/aromatic N) is 1. The Balaban J connectivity index is 1.46. The number of hydrogen-bond acceptors (Lipinski definition) is 4. The molecular weight excluding hydrogens is 272 g/mol. The number of aliphatic hydroxyl groups is 1. The predicted molar refractivity (Wildman–Crippen MR) is 79.7 cm³/mol. The molecule has 2 aliphatic rings. The maximum Gasteiger partial charge on any atom is 0.236 e. The standard InChI is InChI=1S/C15H22N2O2S/c18-14(9-16-11-15(19)5-1-2-6-15)17-7-3-13-12(10-17)4-8-20-13/h4,8,16,19H,1-3,5-7,9-11H2. The van der Waals surface area contributed by atoms with E-state index >= 15 is 0 Å². The molecule has 0 spiro atoms. The van der Waals surface area contributed by atoms with Gasteiger partial charge in [-0.3, -0.25) is 4.79 Å². The summed E-state index contributed by atoms with van der Waals surface area (Å²) in [4.78, 5) is 15.5. The summed E-state index contributed by atoms with van der Waals surface area (Å²) in [5.41, 5.74) is 0.715. The summed E-state index contributed by atoms with van der Waals surface area (Å²) in [7, 11) is 0. The Morgan fingerprint density at radius 1 is 1.45 bits per heavy atom. The summed E-state index contributed by atoms with van der Waals surface area (Å²) in [6.07, 6.45) is 4.88. The van der Waals surface area contributed by atoms with E-state index in [1.54, 1.807) is 11.3 Å². The first kappa shape index (κ1) is 14.0. The van der Waals surface area contributed by atoms with Crippen molar-refractivity contribution in [2.24, 2.45) is 0 Å². The van der Waals surface area contributed by atoms with E-state index in [1.165, 1.54) is 10.4 Å². The second-order valence-electron chi connectivity index (χ2n) is 5.97. The van der Waals surface area contributed by atoms with Gasteiger partial charge in [0.25, 0.3) is 0 Å². The molecule has 0 saturated heterocycles. The monoisotopic (exact) mass is 294 g/mol. The van der Waals surface area contributed by atoms with Gasteiger partial charge in [-0.25, -0.2) is 0 Å². The molecule has 1 aromatic rings. The van der Waals surface area contributed by atoms with Crippen LogP contribution in [0.3, 0.4) is 0 Å². The van der Waals surface area contributed by atoms with Gasteiger partial charge >= 0.3 is 0 Å². The van der Waals surface area contributed by atoms with E-state index in [4.69, 9.17) is 0 Å². The molecule has 4 nitrogen and oxygen atoms in total. The minimum atomic E-state index is -0.581. The minimum absolute atomic E-state index is 0.142. The van der Waals surface area contributed by atoms with Crippen molar-refractivity contribution >= 4 is 17.2 Å². The third kappa shape index (κ3) is 3.05. The van der Waals surface area contributed by atoms with Crippen LogP contribution in [-0.2, 0) is 17.8 Å². The second kappa shape index (κ2) is 5.84. The molecule has 1 aliphatic heterocycles. The number of fused-ring (bicyclic) bond motifs is 1. The van der Waals surface area contributed by atoms with Gasteiger partial charge in [0, 0.05) is 24.5 Å². The third-order valence-electron chi connectivity index (χ3n) is 4.42. The van der Waals surface area contributed by atoms with Crippen molar-refractivity contribution in [2.45, 2.75) is 44.2 Å². The first-order valence-corrected chi connectivity index (χ1v) is 8.30. The smallest absolute Gasteiger partial charge is 0.236 e. The summed E-state index contributed by atoms with van der Waals surface area (Å²) >= 11 is 1.79. The van der Waals surface area contributed by atoms with Gasteiger partial charge in [-0.1, -0.05) is 12.8 Å². The molecular formula is C15H22N2O2S. The summed E-state index contributed by atoms with van der Waals surface area (Å²) in [5.74, 6) is 0.142. The number of amides is 1. The van der Waals surface area contributed by atoms with Gasteiger partial charge < -0.3 is 15.3 Å². The van der Waals surface area contributed by atoms with Gasteiger partial charge in [-0.05, 0) is 36.3 Å². The Morgan fingerprint density at radius 2 is 2.25 bits per heavy atom. The lowest BCUT2D eigenvalue weighted by Gasteiger charge is -2.28. The number of carbonyl (C=O) groups is 1. The molecule has 3 rings (SSSR count). The van der Waals surface area contributed by atoms with Gasteiger partial charge in [0.1, 0.15) is 0 Å². The molecule has 5 heteroatoms. The number of rotatable bonds is 4. The van der Waals surface area contributed by atoms with Crippen LogP contribution in [0.25, 0.3) is 0 Å². The summed E-state index contributed by atoms with van der Waals surface area (Å²) in [5, 5.41) is 15.5. The predicted octanol–water partition coefficient (Wildman–Crippen LogP) is 1.53. The van der Waals surface area contributed by atoms with Gasteiger partial charge in [0.15, 0.2) is 0 Å². The molecule has 0 unspecified atom stereocenters. The lowest BCUT2D eigenvalue weighted by Crippen LogP contribution is -2.45. The Kier molecular flexibility index (Phi) is 4.10. The fourth-order valence-electron chi connectivity index (χ4n) is 3.19. The van der Waals surface area contributed by atoms with E-state index in [2.05, 4.69) is 16.8 Å². The first-order chi connectivity index (χ1) is 9.66. The van der Waals surface area contributed by atoms with Crippen molar-refractivity contribution < 1.29 is 9.90 Å². The van der Waals surface area contributed by atoms with Gasteiger partial charge in [-0.15, -0.1) is 11.3 Å². The molecule has 20 heavy (non-hydrogen) atoms. The highest BCUT2D eigenvalue weighted by Crippen LogP contribution is 2.28. The topological polar surface area (TPSA) is 52.6 Å². The van der Waals surface area contributed by atoms with Crippen LogP contribution in [0.2, 0.25) is 0 Å². The average molecular weight is 294 g/mol. The van der Waals surface area contributed by atoms with Gasteiger partial charge in [0.2, 0.25) is 5.91 Å². The van der Waals surface area contributed by atoms with Crippen LogP contribution in [0, 0.1) is 0 Å². The van der Waals surface area contributed by atoms with Crippen molar-refractivity contribution in [3.05, 3.63) is 21.9 Å². The zero-order valence-corrected chi connectivity index (χ0v) is 12.5. The lowest BCUT2D eigenvalue weighted by molar-refractivity contribution is -0.131. The quantitative estimate of drug-likeness (QED) is 0.885. The van der Waals surface area contributed by atoms with Crippen molar-refractivity contribution in [2.75, 3.05) is 19.6 Å². The van der Waals surface area contributed by atoms with Crippen molar-refractivity contribution in [3.63, 3.8) is 0 Å². The molecule has 0 radical (unpaired) electrons. The molecule has 0 atom stereocenters. The van der Waals surface area contributed by atoms with E-state index in [-0.39, 0.29) is 5.91 Å². The van der Waals surface area contributed by atoms with E-state index in [0.717, 1.165) is 45.2 Å². The molecule has 0 aromatic carbocycles. The number of thiophene rings is 1. The normalized spacial score (nSPS) is 20.9. The van der Waals surface area contributed by atoms with Crippen molar-refractivity contribution in [3.8, 4) is 0 Å². The van der Waals surface area contributed by atoms with E-state index in [9.17, 15) is 9.90 Å². The Labute approximate surface area is 123 Å². The molecule has 2 heterocycles. The maximum absolute atomic E-state index is 12.2. The highest BCUT2D eigenvalue weighted by Gasteiger charge is 2.31. The SMILES string of the molecule is O=C(CNCC1(O)CCCC1)N1CCc2sccc2C1. The highest BCUT2D eigenvalue weighted by molar-refractivity contribution is 7.10. The molecule has 1 aliphatic carbocycles.